The van der Waals surface area contributed by atoms with E-state index in [1.807, 2.05) is 0 Å². The minimum atomic E-state index is -0.848. The maximum absolute atomic E-state index is 11.6. The highest BCUT2D eigenvalue weighted by Crippen LogP contribution is 2.31. The number of furan rings is 1. The van der Waals surface area contributed by atoms with Crippen molar-refractivity contribution in [1.82, 2.24) is 0 Å². The summed E-state index contributed by atoms with van der Waals surface area (Å²) in [7, 11) is 1.25. The van der Waals surface area contributed by atoms with Gasteiger partial charge in [0, 0.05) is 11.8 Å². The molecule has 0 N–H and O–H groups in total. The molecule has 0 aromatic carbocycles. The zero-order chi connectivity index (χ0) is 14.0. The van der Waals surface area contributed by atoms with E-state index in [-0.39, 0.29) is 5.76 Å². The van der Waals surface area contributed by atoms with Crippen LogP contribution in [0.1, 0.15) is 24.5 Å². The number of rotatable bonds is 4. The Morgan fingerprint density at radius 1 is 1.58 bits per heavy atom. The molecule has 2 heterocycles. The van der Waals surface area contributed by atoms with Gasteiger partial charge < -0.3 is 13.9 Å². The quantitative estimate of drug-likeness (QED) is 0.460. The van der Waals surface area contributed by atoms with Gasteiger partial charge in [0.2, 0.25) is 0 Å². The molecule has 0 spiro atoms. The first-order valence-corrected chi connectivity index (χ1v) is 5.50. The Hall–Kier alpha value is -2.38. The third-order valence-electron chi connectivity index (χ3n) is 2.60. The average Bonchev–Trinajstić information content (AvgIpc) is 2.94. The van der Waals surface area contributed by atoms with Crippen LogP contribution in [-0.4, -0.2) is 29.9 Å². The first-order chi connectivity index (χ1) is 9.01. The minimum Gasteiger partial charge on any atom is -0.467 e. The number of ether oxygens (including phenoxy) is 2. The van der Waals surface area contributed by atoms with E-state index < -0.39 is 29.6 Å². The molecule has 1 aromatic rings. The molecule has 0 radical (unpaired) electrons. The van der Waals surface area contributed by atoms with E-state index in [0.717, 1.165) is 0 Å². The standard InChI is InChI=1S/C11H12N2O6/c1-6-12-9(11(14)17-2)10(18-6)8-4-3-7(19-8)5-13(15)16/h3-4,9-10H,5H2,1-2H3. The van der Waals surface area contributed by atoms with Gasteiger partial charge in [0.1, 0.15) is 5.76 Å². The number of hydrogen-bond donors (Lipinski definition) is 0. The molecule has 0 amide bonds. The summed E-state index contributed by atoms with van der Waals surface area (Å²) in [5.41, 5.74) is 0. The fourth-order valence-electron chi connectivity index (χ4n) is 1.81. The number of hydrogen-bond acceptors (Lipinski definition) is 7. The molecule has 19 heavy (non-hydrogen) atoms. The SMILES string of the molecule is COC(=O)C1N=C(C)OC1c1ccc(C[N+](=O)[O-])o1. The van der Waals surface area contributed by atoms with Crippen LogP contribution in [0.3, 0.4) is 0 Å². The third-order valence-corrected chi connectivity index (χ3v) is 2.60. The summed E-state index contributed by atoms with van der Waals surface area (Å²) in [6.45, 7) is 1.19. The molecule has 2 unspecified atom stereocenters. The first-order valence-electron chi connectivity index (χ1n) is 5.50. The first kappa shape index (κ1) is 13.1. The number of nitrogens with zero attached hydrogens (tertiary/aromatic N) is 2. The number of carbonyl (C=O) groups is 1. The van der Waals surface area contributed by atoms with Crippen molar-refractivity contribution in [2.45, 2.75) is 25.6 Å². The normalized spacial score (nSPS) is 21.7. The summed E-state index contributed by atoms with van der Waals surface area (Å²) in [6, 6.07) is 2.16. The molecular formula is C11H12N2O6. The Kier molecular flexibility index (Phi) is 3.50. The van der Waals surface area contributed by atoms with Crippen LogP contribution < -0.4 is 0 Å². The van der Waals surface area contributed by atoms with Crippen molar-refractivity contribution in [1.29, 1.82) is 0 Å². The molecule has 0 aliphatic carbocycles. The molecule has 1 aromatic heterocycles. The highest BCUT2D eigenvalue weighted by atomic mass is 16.6. The van der Waals surface area contributed by atoms with Crippen molar-refractivity contribution in [2.24, 2.45) is 4.99 Å². The lowest BCUT2D eigenvalue weighted by Crippen LogP contribution is -2.25. The molecule has 0 fully saturated rings. The van der Waals surface area contributed by atoms with Crippen LogP contribution in [0.15, 0.2) is 21.5 Å². The lowest BCUT2D eigenvalue weighted by Gasteiger charge is -2.13. The smallest absolute Gasteiger partial charge is 0.335 e. The minimum absolute atomic E-state index is 0.191. The summed E-state index contributed by atoms with van der Waals surface area (Å²) in [6.07, 6.45) is -0.743. The van der Waals surface area contributed by atoms with Crippen molar-refractivity contribution in [3.63, 3.8) is 0 Å². The van der Waals surface area contributed by atoms with E-state index in [1.54, 1.807) is 6.92 Å². The molecular weight excluding hydrogens is 256 g/mol. The molecule has 8 heteroatoms. The Labute approximate surface area is 108 Å². The highest BCUT2D eigenvalue weighted by Gasteiger charge is 2.39. The maximum Gasteiger partial charge on any atom is 0.335 e. The Morgan fingerprint density at radius 3 is 2.95 bits per heavy atom. The zero-order valence-corrected chi connectivity index (χ0v) is 10.4. The van der Waals surface area contributed by atoms with Crippen LogP contribution in [0, 0.1) is 10.1 Å². The van der Waals surface area contributed by atoms with Crippen molar-refractivity contribution in [3.8, 4) is 0 Å². The van der Waals surface area contributed by atoms with Gasteiger partial charge in [-0.25, -0.2) is 9.79 Å². The largest absolute Gasteiger partial charge is 0.467 e. The van der Waals surface area contributed by atoms with E-state index in [9.17, 15) is 14.9 Å². The lowest BCUT2D eigenvalue weighted by molar-refractivity contribution is -0.499. The second-order valence-corrected chi connectivity index (χ2v) is 3.95. The molecule has 2 rings (SSSR count). The second-order valence-electron chi connectivity index (χ2n) is 3.95. The van der Waals surface area contributed by atoms with Crippen molar-refractivity contribution in [3.05, 3.63) is 33.8 Å². The topological polar surface area (TPSA) is 104 Å². The maximum atomic E-state index is 11.6. The number of methoxy groups -OCH3 is 1. The summed E-state index contributed by atoms with van der Waals surface area (Å²) < 4.78 is 15.3. The van der Waals surface area contributed by atoms with Crippen LogP contribution >= 0.6 is 0 Å². The van der Waals surface area contributed by atoms with Gasteiger partial charge in [0.05, 0.1) is 7.11 Å². The molecule has 0 saturated heterocycles. The van der Waals surface area contributed by atoms with E-state index >= 15 is 0 Å². The van der Waals surface area contributed by atoms with E-state index in [2.05, 4.69) is 9.73 Å². The van der Waals surface area contributed by atoms with Gasteiger partial charge in [-0.05, 0) is 12.1 Å². The van der Waals surface area contributed by atoms with Gasteiger partial charge in [-0.1, -0.05) is 0 Å². The molecule has 8 nitrogen and oxygen atoms in total. The predicted octanol–water partition coefficient (Wildman–Crippen LogP) is 1.09. The summed E-state index contributed by atoms with van der Waals surface area (Å²) in [5.74, 6) is 0.298. The number of carbonyl (C=O) groups excluding carboxylic acids is 1. The predicted molar refractivity (Wildman–Crippen MR) is 62.1 cm³/mol. The fraction of sp³-hybridized carbons (Fsp3) is 0.455. The van der Waals surface area contributed by atoms with Gasteiger partial charge in [-0.2, -0.15) is 0 Å². The third kappa shape index (κ3) is 2.72. The fourth-order valence-corrected chi connectivity index (χ4v) is 1.81. The van der Waals surface area contributed by atoms with Crippen LogP contribution in [-0.2, 0) is 20.8 Å². The number of esters is 1. The molecule has 102 valence electrons. The Balaban J connectivity index is 2.19. The summed E-state index contributed by atoms with van der Waals surface area (Å²) in [4.78, 5) is 25.5. The van der Waals surface area contributed by atoms with E-state index in [0.29, 0.717) is 11.7 Å². The van der Waals surface area contributed by atoms with E-state index in [4.69, 9.17) is 9.15 Å². The second kappa shape index (κ2) is 5.09. The molecule has 0 saturated carbocycles. The van der Waals surface area contributed by atoms with Gasteiger partial charge in [0.15, 0.2) is 23.8 Å². The zero-order valence-electron chi connectivity index (χ0n) is 10.4. The van der Waals surface area contributed by atoms with Gasteiger partial charge in [0.25, 0.3) is 6.54 Å². The van der Waals surface area contributed by atoms with Crippen LogP contribution in [0.5, 0.6) is 0 Å². The number of nitro groups is 1. The van der Waals surface area contributed by atoms with Crippen LogP contribution in [0.2, 0.25) is 0 Å². The summed E-state index contributed by atoms with van der Waals surface area (Å²) >= 11 is 0. The van der Waals surface area contributed by atoms with Crippen LogP contribution in [0.4, 0.5) is 0 Å². The van der Waals surface area contributed by atoms with Crippen LogP contribution in [0.25, 0.3) is 0 Å². The van der Waals surface area contributed by atoms with Gasteiger partial charge >= 0.3 is 5.97 Å². The van der Waals surface area contributed by atoms with Gasteiger partial charge in [-0.3, -0.25) is 10.1 Å². The van der Waals surface area contributed by atoms with Crippen molar-refractivity contribution >= 4 is 11.9 Å². The summed E-state index contributed by atoms with van der Waals surface area (Å²) in [5, 5.41) is 10.4. The van der Waals surface area contributed by atoms with Gasteiger partial charge in [-0.15, -0.1) is 0 Å². The van der Waals surface area contributed by atoms with Crippen molar-refractivity contribution in [2.75, 3.05) is 7.11 Å². The average molecular weight is 268 g/mol. The Morgan fingerprint density at radius 2 is 2.32 bits per heavy atom. The van der Waals surface area contributed by atoms with Crippen molar-refractivity contribution < 1.29 is 23.6 Å². The monoisotopic (exact) mass is 268 g/mol. The Bertz CT molecular complexity index is 535. The number of aliphatic imine (C=N–C) groups is 1. The lowest BCUT2D eigenvalue weighted by atomic mass is 10.1. The molecule has 2 atom stereocenters. The molecule has 1 aliphatic heterocycles. The molecule has 0 bridgehead atoms. The highest BCUT2D eigenvalue weighted by molar-refractivity contribution is 5.85. The molecule has 1 aliphatic rings. The van der Waals surface area contributed by atoms with E-state index in [1.165, 1.54) is 19.2 Å².